The zero-order valence-corrected chi connectivity index (χ0v) is 14.5. The van der Waals surface area contributed by atoms with E-state index in [0.717, 1.165) is 42.7 Å². The summed E-state index contributed by atoms with van der Waals surface area (Å²) in [6.07, 6.45) is 7.78. The molecule has 3 heteroatoms. The lowest BCUT2D eigenvalue weighted by Gasteiger charge is -2.29. The number of hydrogen-bond donors (Lipinski definition) is 1. The van der Waals surface area contributed by atoms with Crippen molar-refractivity contribution in [3.05, 3.63) is 34.9 Å². The van der Waals surface area contributed by atoms with Gasteiger partial charge in [-0.15, -0.1) is 0 Å². The molecule has 0 bridgehead atoms. The van der Waals surface area contributed by atoms with Crippen molar-refractivity contribution in [3.63, 3.8) is 0 Å². The Morgan fingerprint density at radius 2 is 2.05 bits per heavy atom. The molecule has 0 aromatic heterocycles. The number of rotatable bonds is 7. The predicted molar refractivity (Wildman–Crippen MR) is 93.0 cm³/mol. The number of halogens is 1. The van der Waals surface area contributed by atoms with Gasteiger partial charge in [-0.05, 0) is 42.9 Å². The summed E-state index contributed by atoms with van der Waals surface area (Å²) < 4.78 is 0. The Morgan fingerprint density at radius 3 is 2.64 bits per heavy atom. The van der Waals surface area contributed by atoms with Crippen LogP contribution in [0.5, 0.6) is 0 Å². The van der Waals surface area contributed by atoms with E-state index in [4.69, 9.17) is 11.6 Å². The monoisotopic (exact) mass is 321 g/mol. The van der Waals surface area contributed by atoms with Crippen molar-refractivity contribution < 1.29 is 4.79 Å². The Balaban J connectivity index is 2.18. The summed E-state index contributed by atoms with van der Waals surface area (Å²) in [6.45, 7) is 4.41. The van der Waals surface area contributed by atoms with Crippen LogP contribution in [-0.2, 0) is 4.79 Å². The average Bonchev–Trinajstić information content (AvgIpc) is 3.05. The molecule has 2 unspecified atom stereocenters. The standard InChI is InChI=1S/C19H28ClNO/c1-3-8-14(4-2)18(16-11-7-12-17(20)13-16)21-19(22)15-9-5-6-10-15/h7,11-15,18H,3-6,8-10H2,1-2H3,(H,21,22). The van der Waals surface area contributed by atoms with E-state index in [0.29, 0.717) is 5.92 Å². The molecule has 2 atom stereocenters. The van der Waals surface area contributed by atoms with E-state index in [1.165, 1.54) is 12.8 Å². The van der Waals surface area contributed by atoms with E-state index in [9.17, 15) is 4.79 Å². The van der Waals surface area contributed by atoms with Crippen molar-refractivity contribution in [2.75, 3.05) is 0 Å². The molecule has 1 fully saturated rings. The summed E-state index contributed by atoms with van der Waals surface area (Å²) in [7, 11) is 0. The Bertz CT molecular complexity index is 482. The molecular weight excluding hydrogens is 294 g/mol. The third-order valence-electron chi connectivity index (χ3n) is 4.89. The number of hydrogen-bond acceptors (Lipinski definition) is 1. The fraction of sp³-hybridized carbons (Fsp3) is 0.632. The lowest BCUT2D eigenvalue weighted by atomic mass is 9.87. The van der Waals surface area contributed by atoms with Gasteiger partial charge in [0.2, 0.25) is 5.91 Å². The lowest BCUT2D eigenvalue weighted by Crippen LogP contribution is -2.36. The molecule has 1 aliphatic rings. The normalized spacial score (nSPS) is 18.1. The second-order valence-corrected chi connectivity index (χ2v) is 6.92. The summed E-state index contributed by atoms with van der Waals surface area (Å²) in [6, 6.07) is 8.03. The first-order valence-corrected chi connectivity index (χ1v) is 9.09. The predicted octanol–water partition coefficient (Wildman–Crippen LogP) is 5.51. The van der Waals surface area contributed by atoms with Gasteiger partial charge in [0.1, 0.15) is 0 Å². The highest BCUT2D eigenvalue weighted by molar-refractivity contribution is 6.30. The fourth-order valence-electron chi connectivity index (χ4n) is 3.61. The van der Waals surface area contributed by atoms with Crippen LogP contribution >= 0.6 is 11.6 Å². The van der Waals surface area contributed by atoms with E-state index in [1.807, 2.05) is 18.2 Å². The average molecular weight is 322 g/mol. The van der Waals surface area contributed by atoms with Crippen molar-refractivity contribution in [1.29, 1.82) is 0 Å². The number of amides is 1. The molecule has 0 saturated heterocycles. The van der Waals surface area contributed by atoms with Gasteiger partial charge in [-0.2, -0.15) is 0 Å². The zero-order valence-electron chi connectivity index (χ0n) is 13.8. The van der Waals surface area contributed by atoms with Crippen LogP contribution in [0.25, 0.3) is 0 Å². The molecule has 0 aliphatic heterocycles. The Labute approximate surface area is 139 Å². The quantitative estimate of drug-likeness (QED) is 0.704. The molecule has 0 radical (unpaired) electrons. The number of benzene rings is 1. The maximum atomic E-state index is 12.6. The summed E-state index contributed by atoms with van der Waals surface area (Å²) >= 11 is 6.16. The maximum Gasteiger partial charge on any atom is 0.223 e. The van der Waals surface area contributed by atoms with Crippen LogP contribution in [-0.4, -0.2) is 5.91 Å². The van der Waals surface area contributed by atoms with Gasteiger partial charge in [-0.3, -0.25) is 4.79 Å². The summed E-state index contributed by atoms with van der Waals surface area (Å²) in [5, 5.41) is 4.08. The molecule has 1 amide bonds. The molecule has 2 nitrogen and oxygen atoms in total. The zero-order chi connectivity index (χ0) is 15.9. The summed E-state index contributed by atoms with van der Waals surface area (Å²) in [5.74, 6) is 0.909. The second kappa shape index (κ2) is 8.57. The van der Waals surface area contributed by atoms with Gasteiger partial charge in [0, 0.05) is 10.9 Å². The first kappa shape index (κ1) is 17.3. The minimum atomic E-state index is 0.0803. The molecule has 0 heterocycles. The smallest absolute Gasteiger partial charge is 0.223 e. The molecular formula is C19H28ClNO. The van der Waals surface area contributed by atoms with E-state index in [-0.39, 0.29) is 17.9 Å². The van der Waals surface area contributed by atoms with Crippen LogP contribution in [0.3, 0.4) is 0 Å². The third-order valence-corrected chi connectivity index (χ3v) is 5.12. The first-order valence-electron chi connectivity index (χ1n) is 8.71. The van der Waals surface area contributed by atoms with Crippen LogP contribution in [0.1, 0.15) is 70.4 Å². The summed E-state index contributed by atoms with van der Waals surface area (Å²) in [4.78, 5) is 12.6. The van der Waals surface area contributed by atoms with Gasteiger partial charge >= 0.3 is 0 Å². The Morgan fingerprint density at radius 1 is 1.32 bits per heavy atom. The van der Waals surface area contributed by atoms with Crippen LogP contribution in [0.4, 0.5) is 0 Å². The van der Waals surface area contributed by atoms with Crippen LogP contribution in [0.15, 0.2) is 24.3 Å². The molecule has 0 spiro atoms. The fourth-order valence-corrected chi connectivity index (χ4v) is 3.81. The van der Waals surface area contributed by atoms with Crippen molar-refractivity contribution >= 4 is 17.5 Å². The molecule has 1 aromatic carbocycles. The highest BCUT2D eigenvalue weighted by Crippen LogP contribution is 2.32. The third kappa shape index (κ3) is 4.49. The molecule has 122 valence electrons. The van der Waals surface area contributed by atoms with Gasteiger partial charge in [0.25, 0.3) is 0 Å². The van der Waals surface area contributed by atoms with Crippen molar-refractivity contribution in [3.8, 4) is 0 Å². The molecule has 1 aromatic rings. The van der Waals surface area contributed by atoms with Crippen LogP contribution in [0, 0.1) is 11.8 Å². The van der Waals surface area contributed by atoms with Gasteiger partial charge in [0.05, 0.1) is 6.04 Å². The number of nitrogens with one attached hydrogen (secondary N) is 1. The molecule has 1 saturated carbocycles. The Kier molecular flexibility index (Phi) is 6.75. The minimum absolute atomic E-state index is 0.0803. The van der Waals surface area contributed by atoms with E-state index in [2.05, 4.69) is 25.2 Å². The molecule has 22 heavy (non-hydrogen) atoms. The first-order chi connectivity index (χ1) is 10.7. The van der Waals surface area contributed by atoms with Gasteiger partial charge in [-0.25, -0.2) is 0 Å². The van der Waals surface area contributed by atoms with Gasteiger partial charge in [0.15, 0.2) is 0 Å². The molecule has 1 N–H and O–H groups in total. The highest BCUT2D eigenvalue weighted by Gasteiger charge is 2.28. The molecule has 1 aliphatic carbocycles. The topological polar surface area (TPSA) is 29.1 Å². The van der Waals surface area contributed by atoms with Gasteiger partial charge in [-0.1, -0.05) is 63.3 Å². The van der Waals surface area contributed by atoms with Crippen LogP contribution in [0.2, 0.25) is 5.02 Å². The van der Waals surface area contributed by atoms with Crippen molar-refractivity contribution in [1.82, 2.24) is 5.32 Å². The highest BCUT2D eigenvalue weighted by atomic mass is 35.5. The van der Waals surface area contributed by atoms with Crippen LogP contribution < -0.4 is 5.32 Å². The SMILES string of the molecule is CCCC(CC)C(NC(=O)C1CCCC1)c1cccc(Cl)c1. The van der Waals surface area contributed by atoms with Crippen molar-refractivity contribution in [2.45, 2.75) is 64.8 Å². The number of carbonyl (C=O) groups excluding carboxylic acids is 1. The van der Waals surface area contributed by atoms with Gasteiger partial charge < -0.3 is 5.32 Å². The minimum Gasteiger partial charge on any atom is -0.349 e. The second-order valence-electron chi connectivity index (χ2n) is 6.48. The van der Waals surface area contributed by atoms with E-state index < -0.39 is 0 Å². The largest absolute Gasteiger partial charge is 0.349 e. The lowest BCUT2D eigenvalue weighted by molar-refractivity contribution is -0.126. The van der Waals surface area contributed by atoms with E-state index in [1.54, 1.807) is 0 Å². The molecule has 2 rings (SSSR count). The Hall–Kier alpha value is -1.02. The number of carbonyl (C=O) groups is 1. The maximum absolute atomic E-state index is 12.6. The van der Waals surface area contributed by atoms with Crippen molar-refractivity contribution in [2.24, 2.45) is 11.8 Å². The summed E-state index contributed by atoms with van der Waals surface area (Å²) in [5.41, 5.74) is 1.14. The van der Waals surface area contributed by atoms with E-state index >= 15 is 0 Å².